The van der Waals surface area contributed by atoms with Crippen LogP contribution < -0.4 is 21.1 Å². The highest BCUT2D eigenvalue weighted by Gasteiger charge is 2.25. The van der Waals surface area contributed by atoms with Crippen molar-refractivity contribution in [1.29, 1.82) is 0 Å². The Labute approximate surface area is 111 Å². The molecule has 1 unspecified atom stereocenters. The Bertz CT molecular complexity index is 502. The Balaban J connectivity index is 2.16. The van der Waals surface area contributed by atoms with Crippen LogP contribution in [0, 0.1) is 0 Å². The van der Waals surface area contributed by atoms with Crippen LogP contribution in [0.2, 0.25) is 0 Å². The highest BCUT2D eigenvalue weighted by molar-refractivity contribution is 6.02. The van der Waals surface area contributed by atoms with E-state index in [4.69, 9.17) is 10.5 Å². The first-order valence-corrected chi connectivity index (χ1v) is 6.20. The number of nitrogens with one attached hydrogen (secondary N) is 2. The van der Waals surface area contributed by atoms with Gasteiger partial charge in [0.25, 0.3) is 5.91 Å². The van der Waals surface area contributed by atoms with Crippen LogP contribution in [-0.2, 0) is 4.79 Å². The van der Waals surface area contributed by atoms with Crippen LogP contribution in [0.4, 0.5) is 5.69 Å². The Kier molecular flexibility index (Phi) is 3.89. The van der Waals surface area contributed by atoms with E-state index in [9.17, 15) is 9.59 Å². The first-order valence-electron chi connectivity index (χ1n) is 6.20. The van der Waals surface area contributed by atoms with Gasteiger partial charge in [0.1, 0.15) is 11.3 Å². The molecule has 2 rings (SSSR count). The van der Waals surface area contributed by atoms with E-state index in [1.165, 1.54) is 0 Å². The van der Waals surface area contributed by atoms with Gasteiger partial charge in [-0.05, 0) is 19.1 Å². The molecule has 0 aromatic heterocycles. The topological polar surface area (TPSA) is 93.4 Å². The summed E-state index contributed by atoms with van der Waals surface area (Å²) in [6.07, 6.45) is 0.294. The summed E-state index contributed by atoms with van der Waals surface area (Å²) < 4.78 is 5.40. The molecule has 1 aromatic rings. The van der Waals surface area contributed by atoms with Crippen LogP contribution in [-0.4, -0.2) is 31.0 Å². The lowest BCUT2D eigenvalue weighted by Gasteiger charge is -2.15. The maximum atomic E-state index is 12.2. The van der Waals surface area contributed by atoms with Gasteiger partial charge in [-0.1, -0.05) is 6.07 Å². The third kappa shape index (κ3) is 2.96. The molecule has 1 aromatic carbocycles. The molecule has 0 bridgehead atoms. The molecule has 1 heterocycles. The standard InChI is InChI=1S/C13H17N3O3/c1-2-19-10-5-3-4-9(14)12(10)13(18)16-8-6-11(17)15-7-8/h3-5,8H,2,6-7,14H2,1H3,(H,15,17)(H,16,18). The van der Waals surface area contributed by atoms with Gasteiger partial charge in [-0.25, -0.2) is 0 Å². The summed E-state index contributed by atoms with van der Waals surface area (Å²) in [5.41, 5.74) is 6.52. The van der Waals surface area contributed by atoms with Gasteiger partial charge < -0.3 is 21.1 Å². The maximum Gasteiger partial charge on any atom is 0.257 e. The van der Waals surface area contributed by atoms with Crippen LogP contribution in [0.15, 0.2) is 18.2 Å². The minimum atomic E-state index is -0.317. The molecule has 6 nitrogen and oxygen atoms in total. The van der Waals surface area contributed by atoms with Crippen LogP contribution in [0.25, 0.3) is 0 Å². The smallest absolute Gasteiger partial charge is 0.257 e. The quantitative estimate of drug-likeness (QED) is 0.680. The molecule has 1 fully saturated rings. The number of carbonyl (C=O) groups excluding carboxylic acids is 2. The molecule has 19 heavy (non-hydrogen) atoms. The van der Waals surface area contributed by atoms with E-state index in [1.807, 2.05) is 6.92 Å². The normalized spacial score (nSPS) is 17.9. The molecular formula is C13H17N3O3. The largest absolute Gasteiger partial charge is 0.493 e. The number of nitrogen functional groups attached to an aromatic ring is 1. The molecule has 0 saturated carbocycles. The van der Waals surface area contributed by atoms with Crippen molar-refractivity contribution in [3.05, 3.63) is 23.8 Å². The van der Waals surface area contributed by atoms with Crippen molar-refractivity contribution in [2.75, 3.05) is 18.9 Å². The molecule has 0 spiro atoms. The molecule has 1 saturated heterocycles. The van der Waals surface area contributed by atoms with E-state index >= 15 is 0 Å². The second-order valence-electron chi connectivity index (χ2n) is 4.33. The summed E-state index contributed by atoms with van der Waals surface area (Å²) >= 11 is 0. The van der Waals surface area contributed by atoms with Crippen molar-refractivity contribution < 1.29 is 14.3 Å². The minimum absolute atomic E-state index is 0.0589. The highest BCUT2D eigenvalue weighted by Crippen LogP contribution is 2.24. The van der Waals surface area contributed by atoms with Gasteiger partial charge in [-0.15, -0.1) is 0 Å². The zero-order valence-corrected chi connectivity index (χ0v) is 10.7. The van der Waals surface area contributed by atoms with Crippen molar-refractivity contribution in [1.82, 2.24) is 10.6 Å². The highest BCUT2D eigenvalue weighted by atomic mass is 16.5. The summed E-state index contributed by atoms with van der Waals surface area (Å²) in [6, 6.07) is 4.88. The number of carbonyl (C=O) groups is 2. The molecule has 2 amide bonds. The van der Waals surface area contributed by atoms with E-state index in [1.54, 1.807) is 18.2 Å². The van der Waals surface area contributed by atoms with Gasteiger partial charge in [0.2, 0.25) is 5.91 Å². The number of amides is 2. The first-order chi connectivity index (χ1) is 9.11. The first kappa shape index (κ1) is 13.2. The lowest BCUT2D eigenvalue weighted by Crippen LogP contribution is -2.36. The summed E-state index contributed by atoms with van der Waals surface area (Å²) in [5.74, 6) is 0.0803. The molecule has 1 atom stereocenters. The number of benzene rings is 1. The molecular weight excluding hydrogens is 246 g/mol. The van der Waals surface area contributed by atoms with E-state index < -0.39 is 0 Å². The molecule has 0 aliphatic carbocycles. The van der Waals surface area contributed by atoms with E-state index in [-0.39, 0.29) is 17.9 Å². The molecule has 1 aliphatic heterocycles. The van der Waals surface area contributed by atoms with Crippen molar-refractivity contribution in [2.24, 2.45) is 0 Å². The van der Waals surface area contributed by atoms with Gasteiger partial charge in [-0.3, -0.25) is 9.59 Å². The van der Waals surface area contributed by atoms with Gasteiger partial charge in [0.15, 0.2) is 0 Å². The fourth-order valence-electron chi connectivity index (χ4n) is 2.03. The number of hydrogen-bond acceptors (Lipinski definition) is 4. The Morgan fingerprint density at radius 1 is 1.58 bits per heavy atom. The zero-order valence-electron chi connectivity index (χ0n) is 10.7. The fourth-order valence-corrected chi connectivity index (χ4v) is 2.03. The van der Waals surface area contributed by atoms with Crippen molar-refractivity contribution in [3.63, 3.8) is 0 Å². The Hall–Kier alpha value is -2.24. The minimum Gasteiger partial charge on any atom is -0.493 e. The third-order valence-electron chi connectivity index (χ3n) is 2.90. The third-order valence-corrected chi connectivity index (χ3v) is 2.90. The Morgan fingerprint density at radius 3 is 3.00 bits per heavy atom. The number of rotatable bonds is 4. The van der Waals surface area contributed by atoms with E-state index in [0.29, 0.717) is 36.6 Å². The molecule has 102 valence electrons. The summed E-state index contributed by atoms with van der Waals surface area (Å²) in [7, 11) is 0. The van der Waals surface area contributed by atoms with Crippen LogP contribution in [0.5, 0.6) is 5.75 Å². The van der Waals surface area contributed by atoms with Crippen LogP contribution in [0.3, 0.4) is 0 Å². The SMILES string of the molecule is CCOc1cccc(N)c1C(=O)NC1CNC(=O)C1. The zero-order chi connectivity index (χ0) is 13.8. The van der Waals surface area contributed by atoms with E-state index in [0.717, 1.165) is 0 Å². The monoisotopic (exact) mass is 263 g/mol. The summed E-state index contributed by atoms with van der Waals surface area (Å²) in [4.78, 5) is 23.3. The van der Waals surface area contributed by atoms with Gasteiger partial charge in [0, 0.05) is 18.7 Å². The predicted molar refractivity (Wildman–Crippen MR) is 70.9 cm³/mol. The molecule has 4 N–H and O–H groups in total. The predicted octanol–water partition coefficient (Wildman–Crippen LogP) is 0.286. The summed E-state index contributed by atoms with van der Waals surface area (Å²) in [5, 5.41) is 5.45. The number of anilines is 1. The fraction of sp³-hybridized carbons (Fsp3) is 0.385. The lowest BCUT2D eigenvalue weighted by atomic mass is 10.1. The van der Waals surface area contributed by atoms with Gasteiger partial charge in [0.05, 0.1) is 12.6 Å². The molecule has 6 heteroatoms. The van der Waals surface area contributed by atoms with E-state index in [2.05, 4.69) is 10.6 Å². The lowest BCUT2D eigenvalue weighted by molar-refractivity contribution is -0.119. The van der Waals surface area contributed by atoms with Gasteiger partial charge >= 0.3 is 0 Å². The average molecular weight is 263 g/mol. The number of nitrogens with two attached hydrogens (primary N) is 1. The number of ether oxygens (including phenoxy) is 1. The maximum absolute atomic E-state index is 12.2. The van der Waals surface area contributed by atoms with Crippen molar-refractivity contribution in [2.45, 2.75) is 19.4 Å². The van der Waals surface area contributed by atoms with Crippen LogP contribution in [0.1, 0.15) is 23.7 Å². The molecule has 0 radical (unpaired) electrons. The second-order valence-corrected chi connectivity index (χ2v) is 4.33. The number of hydrogen-bond donors (Lipinski definition) is 3. The van der Waals surface area contributed by atoms with Crippen molar-refractivity contribution in [3.8, 4) is 5.75 Å². The summed E-state index contributed by atoms with van der Waals surface area (Å²) in [6.45, 7) is 2.74. The second kappa shape index (κ2) is 5.60. The average Bonchev–Trinajstić information content (AvgIpc) is 2.75. The van der Waals surface area contributed by atoms with Crippen LogP contribution >= 0.6 is 0 Å². The van der Waals surface area contributed by atoms with Crippen molar-refractivity contribution >= 4 is 17.5 Å². The Morgan fingerprint density at radius 2 is 2.37 bits per heavy atom. The molecule has 1 aliphatic rings. The van der Waals surface area contributed by atoms with Gasteiger partial charge in [-0.2, -0.15) is 0 Å².